The molecule has 1 aromatic heterocycles. The third-order valence-electron chi connectivity index (χ3n) is 5.65. The number of hydrogen-bond acceptors (Lipinski definition) is 4. The van der Waals surface area contributed by atoms with E-state index >= 15 is 0 Å². The van der Waals surface area contributed by atoms with Gasteiger partial charge in [-0.15, -0.1) is 0 Å². The minimum absolute atomic E-state index is 0.505. The van der Waals surface area contributed by atoms with Gasteiger partial charge in [0.25, 0.3) is 11.7 Å². The van der Waals surface area contributed by atoms with Crippen molar-refractivity contribution in [3.8, 4) is 11.5 Å². The molecule has 5 rings (SSSR count). The zero-order valence-electron chi connectivity index (χ0n) is 17.5. The van der Waals surface area contributed by atoms with Gasteiger partial charge in [0.05, 0.1) is 5.56 Å². The third-order valence-corrected chi connectivity index (χ3v) is 5.65. The topological polar surface area (TPSA) is 72.4 Å². The molecule has 0 atom stereocenters. The lowest BCUT2D eigenvalue weighted by atomic mass is 10.0. The molecule has 1 amide bonds. The molecule has 0 saturated carbocycles. The fourth-order valence-electron chi connectivity index (χ4n) is 4.18. The van der Waals surface area contributed by atoms with Crippen LogP contribution in [0.5, 0.6) is 11.5 Å². The summed E-state index contributed by atoms with van der Waals surface area (Å²) in [6.45, 7) is 2.39. The molecule has 160 valence electrons. The van der Waals surface area contributed by atoms with Crippen molar-refractivity contribution in [3.63, 3.8) is 0 Å². The van der Waals surface area contributed by atoms with E-state index < -0.39 is 11.7 Å². The molecule has 0 unspecified atom stereocenters. The van der Waals surface area contributed by atoms with Crippen molar-refractivity contribution in [1.29, 1.82) is 0 Å². The van der Waals surface area contributed by atoms with Gasteiger partial charge in [0.15, 0.2) is 0 Å². The van der Waals surface area contributed by atoms with Gasteiger partial charge in [-0.2, -0.15) is 0 Å². The van der Waals surface area contributed by atoms with Crippen LogP contribution in [0.15, 0.2) is 78.9 Å². The van der Waals surface area contributed by atoms with Crippen LogP contribution in [0.25, 0.3) is 10.9 Å². The van der Waals surface area contributed by atoms with E-state index in [-0.39, 0.29) is 0 Å². The molecule has 32 heavy (non-hydrogen) atoms. The SMILES string of the molecule is O=C(Nc1ccc(Oc2ccccc2)cc1)C(=O)c1c2n(c3ccccc13)CCNCC2. The Kier molecular flexibility index (Phi) is 5.44. The lowest BCUT2D eigenvalue weighted by Gasteiger charge is -2.09. The molecule has 0 fully saturated rings. The van der Waals surface area contributed by atoms with Crippen LogP contribution in [-0.4, -0.2) is 29.3 Å². The van der Waals surface area contributed by atoms with E-state index in [1.807, 2.05) is 54.6 Å². The molecule has 0 saturated heterocycles. The lowest BCUT2D eigenvalue weighted by Crippen LogP contribution is -2.24. The van der Waals surface area contributed by atoms with Crippen LogP contribution in [0.3, 0.4) is 0 Å². The monoisotopic (exact) mass is 425 g/mol. The number of carbonyl (C=O) groups excluding carboxylic acids is 2. The highest BCUT2D eigenvalue weighted by molar-refractivity contribution is 6.48. The summed E-state index contributed by atoms with van der Waals surface area (Å²) in [5.41, 5.74) is 2.96. The highest BCUT2D eigenvalue weighted by Gasteiger charge is 2.27. The van der Waals surface area contributed by atoms with Gasteiger partial charge in [-0.1, -0.05) is 36.4 Å². The predicted octanol–water partition coefficient (Wildman–Crippen LogP) is 4.40. The zero-order valence-corrected chi connectivity index (χ0v) is 17.5. The van der Waals surface area contributed by atoms with Crippen LogP contribution < -0.4 is 15.4 Å². The summed E-state index contributed by atoms with van der Waals surface area (Å²) >= 11 is 0. The van der Waals surface area contributed by atoms with Gasteiger partial charge in [-0.25, -0.2) is 0 Å². The summed E-state index contributed by atoms with van der Waals surface area (Å²) in [6, 6.07) is 24.2. The Labute approximate surface area is 185 Å². The number of ether oxygens (including phenoxy) is 1. The quantitative estimate of drug-likeness (QED) is 0.367. The van der Waals surface area contributed by atoms with Crippen LogP contribution in [0, 0.1) is 0 Å². The number of anilines is 1. The number of carbonyl (C=O) groups is 2. The van der Waals surface area contributed by atoms with Crippen molar-refractivity contribution in [2.45, 2.75) is 13.0 Å². The highest BCUT2D eigenvalue weighted by atomic mass is 16.5. The minimum Gasteiger partial charge on any atom is -0.457 e. The first-order valence-electron chi connectivity index (χ1n) is 10.7. The smallest absolute Gasteiger partial charge is 0.296 e. The molecule has 1 aliphatic rings. The van der Waals surface area contributed by atoms with Crippen LogP contribution in [0.4, 0.5) is 5.69 Å². The third kappa shape index (κ3) is 3.88. The van der Waals surface area contributed by atoms with Crippen LogP contribution >= 0.6 is 0 Å². The molecule has 2 heterocycles. The molecule has 0 radical (unpaired) electrons. The molecule has 0 aliphatic carbocycles. The summed E-state index contributed by atoms with van der Waals surface area (Å²) < 4.78 is 7.94. The van der Waals surface area contributed by atoms with Gasteiger partial charge >= 0.3 is 0 Å². The zero-order chi connectivity index (χ0) is 21.9. The molecule has 0 spiro atoms. The normalized spacial score (nSPS) is 13.2. The maximum absolute atomic E-state index is 13.2. The number of rotatable bonds is 5. The Morgan fingerprint density at radius 3 is 2.38 bits per heavy atom. The Bertz CT molecular complexity index is 1280. The van der Waals surface area contributed by atoms with Crippen molar-refractivity contribution in [1.82, 2.24) is 9.88 Å². The standard InChI is InChI=1S/C26H23N3O3/c30-25(24-21-8-4-5-9-22(21)29-17-16-27-15-14-23(24)29)26(31)28-18-10-12-20(13-11-18)32-19-6-2-1-3-7-19/h1-13,27H,14-17H2,(H,28,31). The van der Waals surface area contributed by atoms with E-state index in [4.69, 9.17) is 4.74 Å². The number of amides is 1. The molecule has 0 bridgehead atoms. The molecule has 4 aromatic rings. The van der Waals surface area contributed by atoms with Gasteiger partial charge in [-0.3, -0.25) is 9.59 Å². The number of Topliss-reactive ketones (excluding diaryl/α,β-unsaturated/α-hetero) is 1. The van der Waals surface area contributed by atoms with E-state index in [1.54, 1.807) is 24.3 Å². The van der Waals surface area contributed by atoms with Gasteiger partial charge in [0.1, 0.15) is 11.5 Å². The van der Waals surface area contributed by atoms with Crippen molar-refractivity contribution in [2.75, 3.05) is 18.4 Å². The largest absolute Gasteiger partial charge is 0.457 e. The van der Waals surface area contributed by atoms with E-state index in [1.165, 1.54) is 0 Å². The van der Waals surface area contributed by atoms with E-state index in [0.717, 1.165) is 42.0 Å². The summed E-state index contributed by atoms with van der Waals surface area (Å²) in [4.78, 5) is 26.1. The maximum Gasteiger partial charge on any atom is 0.296 e. The van der Waals surface area contributed by atoms with E-state index in [9.17, 15) is 9.59 Å². The average molecular weight is 425 g/mol. The first kappa shape index (κ1) is 20.0. The number of hydrogen-bond donors (Lipinski definition) is 2. The molecule has 6 heteroatoms. The van der Waals surface area contributed by atoms with Crippen LogP contribution in [-0.2, 0) is 17.8 Å². The van der Waals surface area contributed by atoms with E-state index in [0.29, 0.717) is 23.4 Å². The number of nitrogens with one attached hydrogen (secondary N) is 2. The van der Waals surface area contributed by atoms with Gasteiger partial charge in [-0.05, 0) is 42.5 Å². The number of aromatic nitrogens is 1. The summed E-state index contributed by atoms with van der Waals surface area (Å²) in [6.07, 6.45) is 0.703. The number of para-hydroxylation sites is 2. The second-order valence-corrected chi connectivity index (χ2v) is 7.71. The number of ketones is 1. The minimum atomic E-state index is -0.641. The summed E-state index contributed by atoms with van der Waals surface area (Å²) in [7, 11) is 0. The summed E-state index contributed by atoms with van der Waals surface area (Å²) in [5, 5.41) is 6.93. The fourth-order valence-corrected chi connectivity index (χ4v) is 4.18. The second-order valence-electron chi connectivity index (χ2n) is 7.71. The molecular weight excluding hydrogens is 402 g/mol. The fraction of sp³-hybridized carbons (Fsp3) is 0.154. The average Bonchev–Trinajstić information content (AvgIpc) is 2.95. The van der Waals surface area contributed by atoms with Crippen molar-refractivity contribution < 1.29 is 14.3 Å². The Morgan fingerprint density at radius 1 is 0.844 bits per heavy atom. The van der Waals surface area contributed by atoms with Gasteiger partial charge in [0.2, 0.25) is 0 Å². The van der Waals surface area contributed by atoms with Crippen LogP contribution in [0.1, 0.15) is 16.1 Å². The van der Waals surface area contributed by atoms with Gasteiger partial charge in [0, 0.05) is 48.3 Å². The molecule has 6 nitrogen and oxygen atoms in total. The van der Waals surface area contributed by atoms with E-state index in [2.05, 4.69) is 15.2 Å². The number of fused-ring (bicyclic) bond motifs is 3. The number of benzene rings is 3. The molecule has 2 N–H and O–H groups in total. The highest BCUT2D eigenvalue weighted by Crippen LogP contribution is 2.29. The van der Waals surface area contributed by atoms with Crippen molar-refractivity contribution in [3.05, 3.63) is 90.1 Å². The second kappa shape index (κ2) is 8.69. The molecule has 3 aromatic carbocycles. The van der Waals surface area contributed by atoms with Crippen molar-refractivity contribution in [2.24, 2.45) is 0 Å². The summed E-state index contributed by atoms with van der Waals surface area (Å²) in [5.74, 6) is 0.228. The Balaban J connectivity index is 1.37. The van der Waals surface area contributed by atoms with Crippen LogP contribution in [0.2, 0.25) is 0 Å². The molecular formula is C26H23N3O3. The number of nitrogens with zero attached hydrogens (tertiary/aromatic N) is 1. The lowest BCUT2D eigenvalue weighted by molar-refractivity contribution is -0.112. The molecule has 1 aliphatic heterocycles. The predicted molar refractivity (Wildman–Crippen MR) is 124 cm³/mol. The Hall–Kier alpha value is -3.90. The van der Waals surface area contributed by atoms with Gasteiger partial charge < -0.3 is 19.9 Å². The van der Waals surface area contributed by atoms with Crippen molar-refractivity contribution >= 4 is 28.3 Å². The first-order chi connectivity index (χ1) is 15.7. The maximum atomic E-state index is 13.2. The first-order valence-corrected chi connectivity index (χ1v) is 10.7. The Morgan fingerprint density at radius 2 is 1.56 bits per heavy atom.